The summed E-state index contributed by atoms with van der Waals surface area (Å²) >= 11 is 0. The van der Waals surface area contributed by atoms with Gasteiger partial charge in [0.2, 0.25) is 0 Å². The van der Waals surface area contributed by atoms with E-state index in [0.29, 0.717) is 0 Å². The Balaban J connectivity index is 2.20. The molecule has 0 aliphatic heterocycles. The van der Waals surface area contributed by atoms with Gasteiger partial charge in [0.1, 0.15) is 11.9 Å². The molecule has 0 spiro atoms. The third-order valence-corrected chi connectivity index (χ3v) is 2.82. The summed E-state index contributed by atoms with van der Waals surface area (Å²) < 4.78 is 38.5. The van der Waals surface area contributed by atoms with Crippen molar-refractivity contribution >= 4 is 11.5 Å². The van der Waals surface area contributed by atoms with Crippen LogP contribution in [0.25, 0.3) is 0 Å². The first-order valence-electron chi connectivity index (χ1n) is 5.96. The van der Waals surface area contributed by atoms with E-state index in [2.05, 4.69) is 10.3 Å². The largest absolute Gasteiger partial charge is 0.416 e. The molecule has 108 valence electrons. The molecule has 0 atom stereocenters. The number of nitrogens with zero attached hydrogens (tertiary/aromatic N) is 2. The molecule has 2 rings (SSSR count). The third kappa shape index (κ3) is 3.42. The van der Waals surface area contributed by atoms with Gasteiger partial charge in [0, 0.05) is 12.7 Å². The Bertz CT molecular complexity index is 689. The average Bonchev–Trinajstić information content (AvgIpc) is 2.45. The second-order valence-corrected chi connectivity index (χ2v) is 4.28. The van der Waals surface area contributed by atoms with Gasteiger partial charge in [-0.25, -0.2) is 4.98 Å². The molecule has 1 heterocycles. The Hall–Kier alpha value is -2.75. The lowest BCUT2D eigenvalue weighted by Crippen LogP contribution is -2.12. The quantitative estimate of drug-likeness (QED) is 0.911. The summed E-state index contributed by atoms with van der Waals surface area (Å²) in [5.74, 6) is 0.242. The van der Waals surface area contributed by atoms with Gasteiger partial charge >= 0.3 is 6.18 Å². The van der Waals surface area contributed by atoms with Crippen molar-refractivity contribution in [1.29, 1.82) is 5.26 Å². The van der Waals surface area contributed by atoms with E-state index in [9.17, 15) is 13.2 Å². The van der Waals surface area contributed by atoms with Crippen LogP contribution in [0, 0.1) is 11.3 Å². The molecule has 3 N–H and O–H groups in total. The SMILES string of the molecule is N#Cc1cnc(NCc2ccccc2C(F)(F)F)c(N)c1. The summed E-state index contributed by atoms with van der Waals surface area (Å²) in [7, 11) is 0. The van der Waals surface area contributed by atoms with E-state index in [0.717, 1.165) is 6.07 Å². The van der Waals surface area contributed by atoms with Crippen LogP contribution in [0.2, 0.25) is 0 Å². The predicted octanol–water partition coefficient (Wildman–Crippen LogP) is 3.17. The predicted molar refractivity (Wildman–Crippen MR) is 72.1 cm³/mol. The van der Waals surface area contributed by atoms with Crippen LogP contribution in [0.3, 0.4) is 0 Å². The van der Waals surface area contributed by atoms with Crippen LogP contribution in [0.5, 0.6) is 0 Å². The molecule has 1 aromatic carbocycles. The molecule has 1 aromatic heterocycles. The summed E-state index contributed by atoms with van der Waals surface area (Å²) in [6.07, 6.45) is -3.11. The summed E-state index contributed by atoms with van der Waals surface area (Å²) in [6.45, 7) is -0.0707. The van der Waals surface area contributed by atoms with Crippen molar-refractivity contribution < 1.29 is 13.2 Å². The lowest BCUT2D eigenvalue weighted by Gasteiger charge is -2.14. The number of nitriles is 1. The maximum Gasteiger partial charge on any atom is 0.416 e. The second kappa shape index (κ2) is 5.71. The molecule has 0 radical (unpaired) electrons. The Morgan fingerprint density at radius 3 is 2.62 bits per heavy atom. The molecule has 0 saturated carbocycles. The highest BCUT2D eigenvalue weighted by Crippen LogP contribution is 2.32. The Morgan fingerprint density at radius 2 is 2.00 bits per heavy atom. The number of nitrogens with one attached hydrogen (secondary N) is 1. The van der Waals surface area contributed by atoms with E-state index in [1.165, 1.54) is 30.5 Å². The fraction of sp³-hybridized carbons (Fsp3) is 0.143. The highest BCUT2D eigenvalue weighted by molar-refractivity contribution is 5.63. The summed E-state index contributed by atoms with van der Waals surface area (Å²) in [6, 6.07) is 8.56. The van der Waals surface area contributed by atoms with E-state index in [4.69, 9.17) is 11.0 Å². The Kier molecular flexibility index (Phi) is 3.98. The number of hydrogen-bond acceptors (Lipinski definition) is 4. The number of nitrogen functional groups attached to an aromatic ring is 1. The highest BCUT2D eigenvalue weighted by Gasteiger charge is 2.32. The van der Waals surface area contributed by atoms with Gasteiger partial charge in [0.15, 0.2) is 0 Å². The zero-order valence-electron chi connectivity index (χ0n) is 10.8. The van der Waals surface area contributed by atoms with Crippen molar-refractivity contribution in [3.63, 3.8) is 0 Å². The summed E-state index contributed by atoms with van der Waals surface area (Å²) in [5, 5.41) is 11.4. The number of pyridine rings is 1. The fourth-order valence-corrected chi connectivity index (χ4v) is 1.82. The molecule has 0 aliphatic rings. The van der Waals surface area contributed by atoms with Crippen LogP contribution in [-0.4, -0.2) is 4.98 Å². The second-order valence-electron chi connectivity index (χ2n) is 4.28. The molecule has 7 heteroatoms. The molecular formula is C14H11F3N4. The maximum absolute atomic E-state index is 12.8. The van der Waals surface area contributed by atoms with E-state index in [-0.39, 0.29) is 29.2 Å². The number of benzene rings is 1. The van der Waals surface area contributed by atoms with Crippen molar-refractivity contribution in [2.24, 2.45) is 0 Å². The van der Waals surface area contributed by atoms with Gasteiger partial charge in [-0.3, -0.25) is 0 Å². The monoisotopic (exact) mass is 292 g/mol. The van der Waals surface area contributed by atoms with Crippen LogP contribution >= 0.6 is 0 Å². The smallest absolute Gasteiger partial charge is 0.396 e. The number of anilines is 2. The van der Waals surface area contributed by atoms with Crippen molar-refractivity contribution in [2.75, 3.05) is 11.1 Å². The van der Waals surface area contributed by atoms with Crippen LogP contribution in [0.15, 0.2) is 36.5 Å². The zero-order valence-corrected chi connectivity index (χ0v) is 10.8. The maximum atomic E-state index is 12.8. The van der Waals surface area contributed by atoms with Gasteiger partial charge in [-0.2, -0.15) is 18.4 Å². The topological polar surface area (TPSA) is 74.7 Å². The molecule has 0 amide bonds. The van der Waals surface area contributed by atoms with Crippen LogP contribution in [-0.2, 0) is 12.7 Å². The third-order valence-electron chi connectivity index (χ3n) is 2.82. The number of aromatic nitrogens is 1. The lowest BCUT2D eigenvalue weighted by atomic mass is 10.1. The van der Waals surface area contributed by atoms with Gasteiger partial charge in [-0.15, -0.1) is 0 Å². The Morgan fingerprint density at radius 1 is 1.29 bits per heavy atom. The highest BCUT2D eigenvalue weighted by atomic mass is 19.4. The molecule has 0 fully saturated rings. The number of halogens is 3. The van der Waals surface area contributed by atoms with E-state index in [1.807, 2.05) is 6.07 Å². The zero-order chi connectivity index (χ0) is 15.5. The molecule has 0 bridgehead atoms. The van der Waals surface area contributed by atoms with Crippen molar-refractivity contribution in [3.05, 3.63) is 53.2 Å². The molecule has 0 unspecified atom stereocenters. The first kappa shape index (κ1) is 14.7. The molecular weight excluding hydrogens is 281 g/mol. The summed E-state index contributed by atoms with van der Waals surface area (Å²) in [5.41, 5.74) is 5.57. The number of nitrogens with two attached hydrogens (primary N) is 1. The minimum atomic E-state index is -4.41. The first-order valence-corrected chi connectivity index (χ1v) is 5.96. The first-order chi connectivity index (χ1) is 9.91. The molecule has 2 aromatic rings. The minimum Gasteiger partial charge on any atom is -0.396 e. The average molecular weight is 292 g/mol. The van der Waals surface area contributed by atoms with Crippen molar-refractivity contribution in [2.45, 2.75) is 12.7 Å². The Labute approximate surface area is 119 Å². The van der Waals surface area contributed by atoms with Gasteiger partial charge in [-0.05, 0) is 17.7 Å². The van der Waals surface area contributed by atoms with Gasteiger partial charge in [0.25, 0.3) is 0 Å². The lowest BCUT2D eigenvalue weighted by molar-refractivity contribution is -0.138. The van der Waals surface area contributed by atoms with Crippen LogP contribution < -0.4 is 11.1 Å². The summed E-state index contributed by atoms with van der Waals surface area (Å²) in [4.78, 5) is 3.92. The fourth-order valence-electron chi connectivity index (χ4n) is 1.82. The van der Waals surface area contributed by atoms with Crippen LogP contribution in [0.4, 0.5) is 24.7 Å². The standard InChI is InChI=1S/C14H11F3N4/c15-14(16,17)11-4-2-1-3-10(11)8-21-13-12(19)5-9(6-18)7-20-13/h1-5,7H,8,19H2,(H,20,21). The molecule has 4 nitrogen and oxygen atoms in total. The van der Waals surface area contributed by atoms with E-state index in [1.54, 1.807) is 0 Å². The van der Waals surface area contributed by atoms with E-state index < -0.39 is 11.7 Å². The number of rotatable bonds is 3. The van der Waals surface area contributed by atoms with Gasteiger partial charge < -0.3 is 11.1 Å². The molecule has 0 saturated heterocycles. The molecule has 0 aliphatic carbocycles. The van der Waals surface area contributed by atoms with Gasteiger partial charge in [-0.1, -0.05) is 18.2 Å². The minimum absolute atomic E-state index is 0.0707. The molecule has 21 heavy (non-hydrogen) atoms. The number of alkyl halides is 3. The van der Waals surface area contributed by atoms with Gasteiger partial charge in [0.05, 0.1) is 16.8 Å². The van der Waals surface area contributed by atoms with Crippen molar-refractivity contribution in [3.8, 4) is 6.07 Å². The van der Waals surface area contributed by atoms with Crippen LogP contribution in [0.1, 0.15) is 16.7 Å². The van der Waals surface area contributed by atoms with E-state index >= 15 is 0 Å². The van der Waals surface area contributed by atoms with Crippen molar-refractivity contribution in [1.82, 2.24) is 4.98 Å². The normalized spacial score (nSPS) is 11.0. The number of hydrogen-bond donors (Lipinski definition) is 2.